The van der Waals surface area contributed by atoms with E-state index in [-0.39, 0.29) is 61.1 Å². The molecule has 0 saturated carbocycles. The van der Waals surface area contributed by atoms with E-state index in [9.17, 15) is 15.0 Å². The molecule has 2 aromatic rings. The molecule has 7 heterocycles. The van der Waals surface area contributed by atoms with Crippen LogP contribution in [-0.2, 0) is 49.1 Å². The molecule has 0 amide bonds. The fourth-order valence-corrected chi connectivity index (χ4v) is 9.81. The van der Waals surface area contributed by atoms with E-state index in [0.717, 1.165) is 29.6 Å². The summed E-state index contributed by atoms with van der Waals surface area (Å²) in [6, 6.07) is 0. The van der Waals surface area contributed by atoms with Crippen LogP contribution in [0, 0.1) is 24.2 Å². The minimum Gasteiger partial charge on any atom is -0.458 e. The maximum atomic E-state index is 13.5. The molecular weight excluding hydrogens is 861 g/mol. The van der Waals surface area contributed by atoms with Gasteiger partial charge in [-0.15, -0.1) is 12.3 Å². The third-order valence-corrected chi connectivity index (χ3v) is 13.3. The highest BCUT2D eigenvalue weighted by molar-refractivity contribution is 5.82. The molecule has 0 radical (unpaired) electrons. The number of allylic oxidation sites excluding steroid dienone is 2. The molecule has 2 N–H and O–H groups in total. The summed E-state index contributed by atoms with van der Waals surface area (Å²) in [4.78, 5) is 22.9. The zero-order valence-electron chi connectivity index (χ0n) is 39.6. The number of nitrogens with zero attached hydrogens (tertiary/aromatic N) is 2. The lowest BCUT2D eigenvalue weighted by molar-refractivity contribution is -0.286. The molecule has 5 aliphatic heterocycles. The molecule has 0 aromatic carbocycles. The quantitative estimate of drug-likeness (QED) is 0.0967. The van der Waals surface area contributed by atoms with Crippen LogP contribution in [0.5, 0.6) is 0 Å². The summed E-state index contributed by atoms with van der Waals surface area (Å²) in [5.74, 6) is 0.659. The first kappa shape index (κ1) is 50.4. The Balaban J connectivity index is 1.06. The summed E-state index contributed by atoms with van der Waals surface area (Å²) in [5.41, 5.74) is 3.80. The second kappa shape index (κ2) is 23.2. The van der Waals surface area contributed by atoms with Gasteiger partial charge in [0.1, 0.15) is 30.0 Å². The number of hydrogen-bond acceptors (Lipinski definition) is 15. The number of ether oxygens (including phenoxy) is 8. The van der Waals surface area contributed by atoms with Gasteiger partial charge in [-0.05, 0) is 63.7 Å². The SMILES string of the molecule is C#CC[C@H](/C=C/C(C)=C/[C@@H](O)[C@H]1C[C@@H](OC)C[C@@](O)(Cc2nc(/C=C(\C)[C@@H]3O[C@@H]4C/C=C/c5nc(co5)[C@H]5OCC[C@@H](C[C@H]6CC(=C)C[C@H](C/C=C/C(=O)O[C@@H]([C@H]4C)[C@H]3C)O6)O5)co2)O1)OC. The molecule has 4 saturated heterocycles. The fraction of sp³-hybridized carbons (Fsp3) is 0.596. The van der Waals surface area contributed by atoms with E-state index in [4.69, 9.17) is 58.1 Å². The monoisotopic (exact) mass is 928 g/mol. The number of aromatic nitrogens is 2. The van der Waals surface area contributed by atoms with E-state index in [1.165, 1.54) is 12.3 Å². The smallest absolute Gasteiger partial charge is 0.330 e. The standard InChI is InChI=1S/C52H68N2O13/c1-9-12-37(58-7)18-17-31(2)23-43(55)45-26-41(59-8)27-52(57,67-45)28-47-53-36(29-61-47)24-33(4)49-35(6)50-34(5)44(65-49)14-11-15-46-54-42(30-62-46)51-60-20-19-39(64-51)25-40-22-32(3)21-38(63-40)13-10-16-48(56)66-50/h1,10-11,15-18,23-24,29-30,34-35,37-41,43-45,49-51,55,57H,3,12-14,19-22,25-28H2,2,4-8H3/b15-11+,16-10+,18-17+,31-23+,33-24+/t34-,35-,37+,38-,39-,40+,41+,43+,44+,45+,49-,50-,51-,52-/m0/s1. The van der Waals surface area contributed by atoms with Crippen LogP contribution in [0.4, 0.5) is 0 Å². The lowest BCUT2D eigenvalue weighted by atomic mass is 9.79. The number of oxazole rings is 2. The number of carbonyl (C=O) groups excluding carboxylic acids is 1. The van der Waals surface area contributed by atoms with Crippen LogP contribution in [-0.4, -0.2) is 114 Å². The first-order valence-corrected chi connectivity index (χ1v) is 23.5. The van der Waals surface area contributed by atoms with Crippen LogP contribution < -0.4 is 0 Å². The van der Waals surface area contributed by atoms with E-state index in [2.05, 4.69) is 17.5 Å². The summed E-state index contributed by atoms with van der Waals surface area (Å²) >= 11 is 0. The Bertz CT molecular complexity index is 2180. The van der Waals surface area contributed by atoms with Gasteiger partial charge < -0.3 is 56.9 Å². The summed E-state index contributed by atoms with van der Waals surface area (Å²) < 4.78 is 60.8. The van der Waals surface area contributed by atoms with Gasteiger partial charge in [0.15, 0.2) is 11.7 Å². The van der Waals surface area contributed by atoms with Gasteiger partial charge in [-0.2, -0.15) is 0 Å². The average molecular weight is 929 g/mol. The molecule has 2 aromatic heterocycles. The van der Waals surface area contributed by atoms with Crippen molar-refractivity contribution in [3.63, 3.8) is 0 Å². The zero-order valence-corrected chi connectivity index (χ0v) is 39.6. The van der Waals surface area contributed by atoms with Gasteiger partial charge in [-0.25, -0.2) is 14.8 Å². The summed E-state index contributed by atoms with van der Waals surface area (Å²) in [6.45, 7) is 12.7. The molecule has 67 heavy (non-hydrogen) atoms. The van der Waals surface area contributed by atoms with Crippen LogP contribution in [0.15, 0.2) is 81.1 Å². The number of carbonyl (C=O) groups is 1. The van der Waals surface area contributed by atoms with Crippen molar-refractivity contribution in [3.8, 4) is 12.3 Å². The van der Waals surface area contributed by atoms with Gasteiger partial charge in [0.2, 0.25) is 12.2 Å². The van der Waals surface area contributed by atoms with Gasteiger partial charge in [0, 0.05) is 57.8 Å². The summed E-state index contributed by atoms with van der Waals surface area (Å²) in [5, 5.41) is 23.0. The number of aliphatic hydroxyl groups excluding tert-OH is 1. The number of methoxy groups -OCH3 is 2. The molecule has 14 atom stereocenters. The average Bonchev–Trinajstić information content (AvgIpc) is 3.95. The highest BCUT2D eigenvalue weighted by atomic mass is 16.7. The number of aliphatic hydroxyl groups is 2. The number of rotatable bonds is 11. The van der Waals surface area contributed by atoms with Crippen molar-refractivity contribution in [2.24, 2.45) is 11.8 Å². The van der Waals surface area contributed by atoms with Gasteiger partial charge in [0.25, 0.3) is 0 Å². The first-order chi connectivity index (χ1) is 32.2. The molecule has 7 rings (SSSR count). The summed E-state index contributed by atoms with van der Waals surface area (Å²) in [7, 11) is 3.15. The Morgan fingerprint density at radius 2 is 1.84 bits per heavy atom. The number of hydrogen-bond donors (Lipinski definition) is 2. The fourth-order valence-electron chi connectivity index (χ4n) is 9.81. The molecule has 364 valence electrons. The van der Waals surface area contributed by atoms with Crippen LogP contribution >= 0.6 is 0 Å². The molecule has 0 spiro atoms. The van der Waals surface area contributed by atoms with E-state index in [1.54, 1.807) is 32.6 Å². The Morgan fingerprint density at radius 3 is 2.63 bits per heavy atom. The van der Waals surface area contributed by atoms with Crippen molar-refractivity contribution in [3.05, 3.63) is 95.4 Å². The molecule has 15 heteroatoms. The highest BCUT2D eigenvalue weighted by Crippen LogP contribution is 2.39. The molecule has 4 fully saturated rings. The maximum absolute atomic E-state index is 13.5. The maximum Gasteiger partial charge on any atom is 0.330 e. The van der Waals surface area contributed by atoms with Gasteiger partial charge in [-0.3, -0.25) is 0 Å². The lowest BCUT2D eigenvalue weighted by Gasteiger charge is -2.44. The van der Waals surface area contributed by atoms with Gasteiger partial charge in [0.05, 0.1) is 68.0 Å². The van der Waals surface area contributed by atoms with Gasteiger partial charge in [-0.1, -0.05) is 62.0 Å². The Kier molecular flexibility index (Phi) is 17.5. The molecule has 15 nitrogen and oxygen atoms in total. The minimum atomic E-state index is -1.73. The van der Waals surface area contributed by atoms with E-state index in [1.807, 2.05) is 58.1 Å². The van der Waals surface area contributed by atoms with Crippen molar-refractivity contribution in [2.45, 2.75) is 165 Å². The Hall–Kier alpha value is -4.47. The topological polar surface area (TPSA) is 183 Å². The lowest BCUT2D eigenvalue weighted by Crippen LogP contribution is -2.51. The minimum absolute atomic E-state index is 0.0612. The summed E-state index contributed by atoms with van der Waals surface area (Å²) in [6.07, 6.45) is 22.9. The van der Waals surface area contributed by atoms with Crippen LogP contribution in [0.1, 0.15) is 115 Å². The van der Waals surface area contributed by atoms with E-state index < -0.39 is 48.6 Å². The molecule has 8 bridgehead atoms. The third kappa shape index (κ3) is 13.6. The largest absolute Gasteiger partial charge is 0.458 e. The van der Waals surface area contributed by atoms with Crippen molar-refractivity contribution in [2.75, 3.05) is 20.8 Å². The second-order valence-corrected chi connectivity index (χ2v) is 18.7. The normalized spacial score (nSPS) is 35.5. The number of esters is 1. The Morgan fingerprint density at radius 1 is 1.03 bits per heavy atom. The van der Waals surface area contributed by atoms with Crippen molar-refractivity contribution in [1.29, 1.82) is 0 Å². The van der Waals surface area contributed by atoms with Crippen molar-refractivity contribution >= 4 is 18.1 Å². The van der Waals surface area contributed by atoms with Crippen molar-refractivity contribution < 1.29 is 61.7 Å². The van der Waals surface area contributed by atoms with E-state index >= 15 is 0 Å². The molecule has 0 aliphatic carbocycles. The molecule has 5 aliphatic rings. The highest BCUT2D eigenvalue weighted by Gasteiger charge is 2.45. The Labute approximate surface area is 394 Å². The van der Waals surface area contributed by atoms with Crippen molar-refractivity contribution in [1.82, 2.24) is 9.97 Å². The van der Waals surface area contributed by atoms with Crippen LogP contribution in [0.2, 0.25) is 0 Å². The third-order valence-electron chi connectivity index (χ3n) is 13.3. The first-order valence-electron chi connectivity index (χ1n) is 23.5. The molecular formula is C52H68N2O13. The van der Waals surface area contributed by atoms with Crippen LogP contribution in [0.3, 0.4) is 0 Å². The second-order valence-electron chi connectivity index (χ2n) is 18.7. The molecule has 0 unspecified atom stereocenters. The van der Waals surface area contributed by atoms with Gasteiger partial charge >= 0.3 is 5.97 Å². The predicted molar refractivity (Wildman–Crippen MR) is 247 cm³/mol. The zero-order chi connectivity index (χ0) is 47.7. The van der Waals surface area contributed by atoms with E-state index in [0.29, 0.717) is 62.4 Å². The van der Waals surface area contributed by atoms with Crippen LogP contribution in [0.25, 0.3) is 12.2 Å². The predicted octanol–water partition coefficient (Wildman–Crippen LogP) is 7.71. The number of terminal acetylenes is 1. The number of fused-ring (bicyclic) bond motifs is 9.